The number of nitrogens with one attached hydrogen (secondary N) is 1. The maximum Gasteiger partial charge on any atom is 0.193 e. The van der Waals surface area contributed by atoms with E-state index in [2.05, 4.69) is 16.9 Å². The van der Waals surface area contributed by atoms with E-state index in [1.807, 2.05) is 18.0 Å². The summed E-state index contributed by atoms with van der Waals surface area (Å²) in [5.41, 5.74) is 0. The van der Waals surface area contributed by atoms with Gasteiger partial charge in [0.25, 0.3) is 0 Å². The van der Waals surface area contributed by atoms with Gasteiger partial charge in [-0.25, -0.2) is 8.42 Å². The molecule has 0 aliphatic carbocycles. The predicted molar refractivity (Wildman–Crippen MR) is 77.8 cm³/mol. The van der Waals surface area contributed by atoms with Crippen LogP contribution in [0.5, 0.6) is 0 Å². The average molecular weight is 275 g/mol. The molecule has 0 aromatic carbocycles. The van der Waals surface area contributed by atoms with Gasteiger partial charge in [-0.1, -0.05) is 13.0 Å². The maximum absolute atomic E-state index is 11.3. The van der Waals surface area contributed by atoms with E-state index in [1.165, 1.54) is 0 Å². The standard InChI is InChI=1S/C12H25N3O2S/c1-5-7-8-10-15(4)12(13-3)14-9-11-18(16,17)6-2/h5H,1,6-11H2,2-4H3,(H,13,14). The summed E-state index contributed by atoms with van der Waals surface area (Å²) in [6.07, 6.45) is 3.86. The van der Waals surface area contributed by atoms with Crippen LogP contribution in [-0.2, 0) is 9.84 Å². The molecule has 0 atom stereocenters. The molecule has 0 aromatic rings. The van der Waals surface area contributed by atoms with Crippen molar-refractivity contribution in [3.05, 3.63) is 12.7 Å². The maximum atomic E-state index is 11.3. The topological polar surface area (TPSA) is 61.8 Å². The Morgan fingerprint density at radius 3 is 2.67 bits per heavy atom. The second kappa shape index (κ2) is 8.97. The summed E-state index contributed by atoms with van der Waals surface area (Å²) >= 11 is 0. The minimum absolute atomic E-state index is 0.142. The highest BCUT2D eigenvalue weighted by Gasteiger charge is 2.09. The van der Waals surface area contributed by atoms with Gasteiger partial charge >= 0.3 is 0 Å². The van der Waals surface area contributed by atoms with Crippen molar-refractivity contribution in [1.82, 2.24) is 10.2 Å². The first kappa shape index (κ1) is 17.0. The zero-order chi connectivity index (χ0) is 14.0. The minimum Gasteiger partial charge on any atom is -0.355 e. The summed E-state index contributed by atoms with van der Waals surface area (Å²) < 4.78 is 22.7. The Kier molecular flexibility index (Phi) is 8.45. The van der Waals surface area contributed by atoms with E-state index in [0.717, 1.165) is 25.3 Å². The number of unbranched alkanes of at least 4 members (excludes halogenated alkanes) is 1. The fourth-order valence-corrected chi connectivity index (χ4v) is 2.13. The Hall–Kier alpha value is -1.04. The molecular formula is C12H25N3O2S. The Labute approximate surface area is 111 Å². The number of guanidine groups is 1. The van der Waals surface area contributed by atoms with Crippen molar-refractivity contribution in [2.45, 2.75) is 19.8 Å². The lowest BCUT2D eigenvalue weighted by atomic mass is 10.3. The van der Waals surface area contributed by atoms with Crippen LogP contribution in [0.2, 0.25) is 0 Å². The molecule has 0 radical (unpaired) electrons. The zero-order valence-corrected chi connectivity index (χ0v) is 12.5. The summed E-state index contributed by atoms with van der Waals surface area (Å²) in [5, 5.41) is 3.06. The van der Waals surface area contributed by atoms with Crippen molar-refractivity contribution in [3.63, 3.8) is 0 Å². The molecule has 0 fully saturated rings. The summed E-state index contributed by atoms with van der Waals surface area (Å²) in [7, 11) is 0.713. The van der Waals surface area contributed by atoms with E-state index >= 15 is 0 Å². The Morgan fingerprint density at radius 2 is 2.17 bits per heavy atom. The quantitative estimate of drug-likeness (QED) is 0.309. The smallest absolute Gasteiger partial charge is 0.193 e. The zero-order valence-electron chi connectivity index (χ0n) is 11.6. The van der Waals surface area contributed by atoms with Gasteiger partial charge in [0.05, 0.1) is 5.75 Å². The van der Waals surface area contributed by atoms with Crippen LogP contribution in [-0.4, -0.2) is 58.0 Å². The molecule has 1 N–H and O–H groups in total. The van der Waals surface area contributed by atoms with Gasteiger partial charge in [-0.3, -0.25) is 4.99 Å². The number of rotatable bonds is 8. The highest BCUT2D eigenvalue weighted by Crippen LogP contribution is 1.94. The summed E-state index contributed by atoms with van der Waals surface area (Å²) in [4.78, 5) is 6.11. The lowest BCUT2D eigenvalue weighted by Gasteiger charge is -2.21. The summed E-state index contributed by atoms with van der Waals surface area (Å²) in [6.45, 7) is 6.60. The highest BCUT2D eigenvalue weighted by molar-refractivity contribution is 7.91. The summed E-state index contributed by atoms with van der Waals surface area (Å²) in [5.74, 6) is 1.05. The molecule has 0 unspecified atom stereocenters. The molecule has 18 heavy (non-hydrogen) atoms. The van der Waals surface area contributed by atoms with E-state index in [0.29, 0.717) is 6.54 Å². The third kappa shape index (κ3) is 7.32. The van der Waals surface area contributed by atoms with Crippen molar-refractivity contribution in [2.75, 3.05) is 38.7 Å². The molecule has 0 aliphatic heterocycles. The fraction of sp³-hybridized carbons (Fsp3) is 0.750. The van der Waals surface area contributed by atoms with Gasteiger partial charge in [-0.05, 0) is 12.8 Å². The van der Waals surface area contributed by atoms with Gasteiger partial charge in [0, 0.05) is 32.9 Å². The Balaban J connectivity index is 4.08. The molecule has 106 valence electrons. The number of allylic oxidation sites excluding steroid dienone is 1. The van der Waals surface area contributed by atoms with Crippen molar-refractivity contribution >= 4 is 15.8 Å². The number of sulfone groups is 1. The monoisotopic (exact) mass is 275 g/mol. The average Bonchev–Trinajstić information content (AvgIpc) is 2.34. The molecule has 0 heterocycles. The second-order valence-electron chi connectivity index (χ2n) is 4.06. The molecular weight excluding hydrogens is 250 g/mol. The first-order valence-electron chi connectivity index (χ1n) is 6.20. The van der Waals surface area contributed by atoms with Crippen LogP contribution < -0.4 is 5.32 Å². The normalized spacial score (nSPS) is 12.3. The number of hydrogen-bond acceptors (Lipinski definition) is 3. The molecule has 0 aliphatic rings. The molecule has 0 rings (SSSR count). The number of aliphatic imine (C=N–C) groups is 1. The predicted octanol–water partition coefficient (Wildman–Crippen LogP) is 0.895. The van der Waals surface area contributed by atoms with Gasteiger partial charge < -0.3 is 10.2 Å². The highest BCUT2D eigenvalue weighted by atomic mass is 32.2. The van der Waals surface area contributed by atoms with E-state index < -0.39 is 9.84 Å². The van der Waals surface area contributed by atoms with E-state index in [9.17, 15) is 8.42 Å². The third-order valence-electron chi connectivity index (χ3n) is 2.61. The van der Waals surface area contributed by atoms with Gasteiger partial charge in [0.15, 0.2) is 15.8 Å². The fourth-order valence-electron chi connectivity index (χ4n) is 1.43. The van der Waals surface area contributed by atoms with Crippen LogP contribution in [0.25, 0.3) is 0 Å². The van der Waals surface area contributed by atoms with Crippen LogP contribution in [0.1, 0.15) is 19.8 Å². The molecule has 0 saturated heterocycles. The van der Waals surface area contributed by atoms with E-state index in [1.54, 1.807) is 14.0 Å². The third-order valence-corrected chi connectivity index (χ3v) is 4.32. The molecule has 6 heteroatoms. The first-order valence-corrected chi connectivity index (χ1v) is 8.02. The van der Waals surface area contributed by atoms with Crippen LogP contribution in [0, 0.1) is 0 Å². The SMILES string of the molecule is C=CCCCN(C)C(=NC)NCCS(=O)(=O)CC. The Morgan fingerprint density at radius 1 is 1.50 bits per heavy atom. The summed E-state index contributed by atoms with van der Waals surface area (Å²) in [6, 6.07) is 0. The van der Waals surface area contributed by atoms with Crippen LogP contribution in [0.4, 0.5) is 0 Å². The molecule has 0 aromatic heterocycles. The van der Waals surface area contributed by atoms with Gasteiger partial charge in [0.1, 0.15) is 0 Å². The van der Waals surface area contributed by atoms with Crippen molar-refractivity contribution in [2.24, 2.45) is 4.99 Å². The molecule has 0 bridgehead atoms. The van der Waals surface area contributed by atoms with Crippen LogP contribution >= 0.6 is 0 Å². The first-order chi connectivity index (χ1) is 8.46. The van der Waals surface area contributed by atoms with Gasteiger partial charge in [-0.2, -0.15) is 0 Å². The van der Waals surface area contributed by atoms with Gasteiger partial charge in [-0.15, -0.1) is 6.58 Å². The lowest BCUT2D eigenvalue weighted by Crippen LogP contribution is -2.41. The molecule has 0 spiro atoms. The molecule has 0 saturated carbocycles. The number of hydrogen-bond donors (Lipinski definition) is 1. The van der Waals surface area contributed by atoms with Crippen molar-refractivity contribution < 1.29 is 8.42 Å². The van der Waals surface area contributed by atoms with Crippen LogP contribution in [0.15, 0.2) is 17.6 Å². The largest absolute Gasteiger partial charge is 0.355 e. The molecule has 0 amide bonds. The van der Waals surface area contributed by atoms with Crippen LogP contribution in [0.3, 0.4) is 0 Å². The number of nitrogens with zero attached hydrogens (tertiary/aromatic N) is 2. The van der Waals surface area contributed by atoms with E-state index in [4.69, 9.17) is 0 Å². The van der Waals surface area contributed by atoms with E-state index in [-0.39, 0.29) is 11.5 Å². The van der Waals surface area contributed by atoms with Crippen molar-refractivity contribution in [3.8, 4) is 0 Å². The Bertz CT molecular complexity index is 364. The lowest BCUT2D eigenvalue weighted by molar-refractivity contribution is 0.471. The van der Waals surface area contributed by atoms with Gasteiger partial charge in [0.2, 0.25) is 0 Å². The molecule has 5 nitrogen and oxygen atoms in total. The minimum atomic E-state index is -2.92. The van der Waals surface area contributed by atoms with Crippen molar-refractivity contribution in [1.29, 1.82) is 0 Å². The second-order valence-corrected chi connectivity index (χ2v) is 6.54.